The Hall–Kier alpha value is -1.48. The highest BCUT2D eigenvalue weighted by Gasteiger charge is 2.08. The lowest BCUT2D eigenvalue weighted by molar-refractivity contribution is 0.0624. The second-order valence-corrected chi connectivity index (χ2v) is 4.33. The molecule has 1 aromatic carbocycles. The van der Waals surface area contributed by atoms with Gasteiger partial charge in [0.25, 0.3) is 0 Å². The molecule has 0 unspecified atom stereocenters. The molecule has 1 aromatic heterocycles. The summed E-state index contributed by atoms with van der Waals surface area (Å²) < 4.78 is 7.75. The smallest absolute Gasteiger partial charge is 0.0871 e. The van der Waals surface area contributed by atoms with Crippen LogP contribution in [0.2, 0.25) is 0 Å². The molecule has 0 fully saturated rings. The highest BCUT2D eigenvalue weighted by atomic mass is 16.5. The molecule has 2 N–H and O–H groups in total. The normalized spacial score (nSPS) is 11.5. The third-order valence-electron chi connectivity index (χ3n) is 2.78. The van der Waals surface area contributed by atoms with Gasteiger partial charge in [0.1, 0.15) is 0 Å². The minimum atomic E-state index is 0.246. The van der Waals surface area contributed by atoms with Crippen molar-refractivity contribution in [3.05, 3.63) is 30.0 Å². The van der Waals surface area contributed by atoms with Crippen LogP contribution in [-0.2, 0) is 18.4 Å². The molecule has 0 aliphatic heterocycles. The number of hydrogen-bond acceptors (Lipinski definition) is 2. The Bertz CT molecular complexity index is 500. The largest absolute Gasteiger partial charge is 0.398 e. The first kappa shape index (κ1) is 11.0. The predicted octanol–water partition coefficient (Wildman–Crippen LogP) is 2.69. The molecular weight excluding hydrogens is 200 g/mol. The molecule has 0 aliphatic carbocycles. The second kappa shape index (κ2) is 4.18. The zero-order chi connectivity index (χ0) is 11.7. The van der Waals surface area contributed by atoms with Crippen LogP contribution in [0, 0.1) is 0 Å². The lowest BCUT2D eigenvalue weighted by Crippen LogP contribution is -2.05. The van der Waals surface area contributed by atoms with E-state index in [1.807, 2.05) is 33.0 Å². The van der Waals surface area contributed by atoms with Crippen molar-refractivity contribution in [2.24, 2.45) is 7.05 Å². The average molecular weight is 218 g/mol. The lowest BCUT2D eigenvalue weighted by atomic mass is 10.2. The molecule has 1 heterocycles. The topological polar surface area (TPSA) is 40.2 Å². The Labute approximate surface area is 95.8 Å². The maximum atomic E-state index is 5.94. The van der Waals surface area contributed by atoms with E-state index in [9.17, 15) is 0 Å². The summed E-state index contributed by atoms with van der Waals surface area (Å²) in [4.78, 5) is 0. The van der Waals surface area contributed by atoms with Gasteiger partial charge >= 0.3 is 0 Å². The number of nitrogens with zero attached hydrogens (tertiary/aromatic N) is 1. The minimum Gasteiger partial charge on any atom is -0.398 e. The Morgan fingerprint density at radius 3 is 2.75 bits per heavy atom. The van der Waals surface area contributed by atoms with Crippen LogP contribution in [0.4, 0.5) is 5.69 Å². The van der Waals surface area contributed by atoms with Gasteiger partial charge in [-0.2, -0.15) is 0 Å². The quantitative estimate of drug-likeness (QED) is 0.805. The molecule has 86 valence electrons. The van der Waals surface area contributed by atoms with Crippen LogP contribution in [0.15, 0.2) is 24.3 Å². The molecule has 3 heteroatoms. The molecule has 3 nitrogen and oxygen atoms in total. The standard InChI is InChI=1S/C13H18N2O/c1-9(2)16-8-10-7-11-12(14)5-4-6-13(11)15(10)3/h4-7,9H,8,14H2,1-3H3. The number of aromatic nitrogens is 1. The summed E-state index contributed by atoms with van der Waals surface area (Å²) >= 11 is 0. The van der Waals surface area contributed by atoms with Gasteiger partial charge in [-0.3, -0.25) is 0 Å². The maximum Gasteiger partial charge on any atom is 0.0871 e. The van der Waals surface area contributed by atoms with Crippen LogP contribution in [0.25, 0.3) is 10.9 Å². The summed E-state index contributed by atoms with van der Waals surface area (Å²) in [6.45, 7) is 4.70. The van der Waals surface area contributed by atoms with E-state index in [0.717, 1.165) is 22.3 Å². The third kappa shape index (κ3) is 1.91. The van der Waals surface area contributed by atoms with Crippen molar-refractivity contribution in [1.82, 2.24) is 4.57 Å². The molecule has 16 heavy (non-hydrogen) atoms. The van der Waals surface area contributed by atoms with Crippen molar-refractivity contribution in [3.8, 4) is 0 Å². The molecular formula is C13H18N2O. The summed E-state index contributed by atoms with van der Waals surface area (Å²) in [7, 11) is 2.04. The summed E-state index contributed by atoms with van der Waals surface area (Å²) in [5.41, 5.74) is 9.07. The molecule has 2 aromatic rings. The van der Waals surface area contributed by atoms with Crippen LogP contribution in [0.5, 0.6) is 0 Å². The van der Waals surface area contributed by atoms with Crippen molar-refractivity contribution >= 4 is 16.6 Å². The fourth-order valence-electron chi connectivity index (χ4n) is 1.83. The molecule has 0 aliphatic rings. The van der Waals surface area contributed by atoms with Gasteiger partial charge < -0.3 is 15.0 Å². The fraction of sp³-hybridized carbons (Fsp3) is 0.385. The van der Waals surface area contributed by atoms with Gasteiger partial charge in [0.15, 0.2) is 0 Å². The Kier molecular flexibility index (Phi) is 2.88. The Morgan fingerprint density at radius 1 is 1.38 bits per heavy atom. The zero-order valence-corrected chi connectivity index (χ0v) is 10.0. The van der Waals surface area contributed by atoms with Crippen molar-refractivity contribution in [2.75, 3.05) is 5.73 Å². The van der Waals surface area contributed by atoms with Gasteiger partial charge in [-0.25, -0.2) is 0 Å². The third-order valence-corrected chi connectivity index (χ3v) is 2.78. The highest BCUT2D eigenvalue weighted by Crippen LogP contribution is 2.24. The summed E-state index contributed by atoms with van der Waals surface area (Å²) in [6.07, 6.45) is 0.246. The SMILES string of the molecule is CC(C)OCc1cc2c(N)cccc2n1C. The van der Waals surface area contributed by atoms with Gasteiger partial charge in [0.2, 0.25) is 0 Å². The second-order valence-electron chi connectivity index (χ2n) is 4.33. The number of anilines is 1. The molecule has 0 amide bonds. The number of nitrogen functional groups attached to an aromatic ring is 1. The highest BCUT2D eigenvalue weighted by molar-refractivity contribution is 5.92. The summed E-state index contributed by atoms with van der Waals surface area (Å²) in [5, 5.41) is 1.10. The minimum absolute atomic E-state index is 0.246. The van der Waals surface area contributed by atoms with Gasteiger partial charge in [-0.1, -0.05) is 6.07 Å². The van der Waals surface area contributed by atoms with E-state index < -0.39 is 0 Å². The van der Waals surface area contributed by atoms with Gasteiger partial charge in [0, 0.05) is 23.8 Å². The molecule has 0 spiro atoms. The summed E-state index contributed by atoms with van der Waals surface area (Å²) in [5.74, 6) is 0. The molecule has 0 saturated carbocycles. The van der Waals surface area contributed by atoms with Crippen LogP contribution in [0.1, 0.15) is 19.5 Å². The van der Waals surface area contributed by atoms with Crippen molar-refractivity contribution < 1.29 is 4.74 Å². The van der Waals surface area contributed by atoms with E-state index in [1.54, 1.807) is 0 Å². The number of fused-ring (bicyclic) bond motifs is 1. The zero-order valence-electron chi connectivity index (χ0n) is 10.0. The molecule has 2 rings (SSSR count). The Balaban J connectivity index is 2.40. The number of aryl methyl sites for hydroxylation is 1. The first-order valence-electron chi connectivity index (χ1n) is 5.54. The molecule has 0 atom stereocenters. The van der Waals surface area contributed by atoms with Crippen LogP contribution >= 0.6 is 0 Å². The van der Waals surface area contributed by atoms with Gasteiger partial charge in [0.05, 0.1) is 18.2 Å². The number of benzene rings is 1. The first-order valence-corrected chi connectivity index (χ1v) is 5.54. The van der Waals surface area contributed by atoms with E-state index in [4.69, 9.17) is 10.5 Å². The van der Waals surface area contributed by atoms with E-state index in [-0.39, 0.29) is 6.10 Å². The van der Waals surface area contributed by atoms with Crippen LogP contribution in [-0.4, -0.2) is 10.7 Å². The maximum absolute atomic E-state index is 5.94. The average Bonchev–Trinajstić information content (AvgIpc) is 2.55. The Morgan fingerprint density at radius 2 is 2.12 bits per heavy atom. The number of nitrogens with two attached hydrogens (primary N) is 1. The molecule has 0 radical (unpaired) electrons. The fourth-order valence-corrected chi connectivity index (χ4v) is 1.83. The van der Waals surface area contributed by atoms with E-state index in [1.165, 1.54) is 0 Å². The van der Waals surface area contributed by atoms with Crippen molar-refractivity contribution in [3.63, 3.8) is 0 Å². The first-order chi connectivity index (χ1) is 7.59. The monoisotopic (exact) mass is 218 g/mol. The predicted molar refractivity (Wildman–Crippen MR) is 67.3 cm³/mol. The molecule has 0 saturated heterocycles. The van der Waals surface area contributed by atoms with E-state index in [0.29, 0.717) is 6.61 Å². The van der Waals surface area contributed by atoms with Crippen LogP contribution < -0.4 is 5.73 Å². The van der Waals surface area contributed by atoms with E-state index in [2.05, 4.69) is 16.7 Å². The lowest BCUT2D eigenvalue weighted by Gasteiger charge is -2.08. The summed E-state index contributed by atoms with van der Waals surface area (Å²) in [6, 6.07) is 8.08. The molecule has 0 bridgehead atoms. The van der Waals surface area contributed by atoms with E-state index >= 15 is 0 Å². The van der Waals surface area contributed by atoms with Gasteiger partial charge in [-0.05, 0) is 32.0 Å². The van der Waals surface area contributed by atoms with Crippen molar-refractivity contribution in [2.45, 2.75) is 26.6 Å². The number of ether oxygens (including phenoxy) is 1. The number of rotatable bonds is 3. The van der Waals surface area contributed by atoms with Crippen molar-refractivity contribution in [1.29, 1.82) is 0 Å². The van der Waals surface area contributed by atoms with Crippen LogP contribution in [0.3, 0.4) is 0 Å². The number of hydrogen-bond donors (Lipinski definition) is 1. The van der Waals surface area contributed by atoms with Gasteiger partial charge in [-0.15, -0.1) is 0 Å².